The van der Waals surface area contributed by atoms with Crippen molar-refractivity contribution in [2.24, 2.45) is 5.41 Å². The molecule has 2 aliphatic heterocycles. The summed E-state index contributed by atoms with van der Waals surface area (Å²) in [6.45, 7) is 5.27. The van der Waals surface area contributed by atoms with Crippen LogP contribution in [0.4, 0.5) is 11.4 Å². The van der Waals surface area contributed by atoms with E-state index in [2.05, 4.69) is 52.9 Å². The molecule has 5 rings (SSSR count). The molecule has 1 saturated carbocycles. The summed E-state index contributed by atoms with van der Waals surface area (Å²) in [7, 11) is 1.80. The molecule has 2 aromatic rings. The number of fused-ring (bicyclic) bond motifs is 1. The molecule has 0 amide bonds. The molecule has 2 aromatic carbocycles. The molecule has 1 spiro atoms. The molecule has 6 heteroatoms. The molecule has 5 nitrogen and oxygen atoms in total. The van der Waals surface area contributed by atoms with Gasteiger partial charge in [0.2, 0.25) is 0 Å². The Hall–Kier alpha value is -2.05. The number of rotatable bonds is 6. The van der Waals surface area contributed by atoms with Gasteiger partial charge in [-0.3, -0.25) is 0 Å². The summed E-state index contributed by atoms with van der Waals surface area (Å²) < 4.78 is 21.1. The van der Waals surface area contributed by atoms with Crippen molar-refractivity contribution in [1.82, 2.24) is 0 Å². The number of para-hydroxylation sites is 2. The summed E-state index contributed by atoms with van der Waals surface area (Å²) in [5, 5.41) is 0. The summed E-state index contributed by atoms with van der Waals surface area (Å²) in [6, 6.07) is 14.8. The summed E-state index contributed by atoms with van der Waals surface area (Å²) in [6.07, 6.45) is 5.43. The zero-order chi connectivity index (χ0) is 20.6. The van der Waals surface area contributed by atoms with Crippen LogP contribution in [0.5, 0.6) is 11.5 Å². The van der Waals surface area contributed by atoms with Gasteiger partial charge in [-0.2, -0.15) is 0 Å². The van der Waals surface area contributed by atoms with E-state index in [1.165, 1.54) is 12.1 Å². The van der Waals surface area contributed by atoms with Crippen molar-refractivity contribution < 1.29 is 14.2 Å². The van der Waals surface area contributed by atoms with E-state index in [4.69, 9.17) is 14.2 Å². The van der Waals surface area contributed by atoms with Crippen LogP contribution in [-0.2, 0) is 4.74 Å². The Morgan fingerprint density at radius 3 is 2.53 bits per heavy atom. The molecule has 0 bridgehead atoms. The molecular weight excluding hydrogens is 396 g/mol. The van der Waals surface area contributed by atoms with Gasteiger partial charge < -0.3 is 23.8 Å². The Balaban J connectivity index is 1.25. The van der Waals surface area contributed by atoms with E-state index < -0.39 is 0 Å². The zero-order valence-corrected chi connectivity index (χ0v) is 18.6. The average Bonchev–Trinajstić information content (AvgIpc) is 3.13. The van der Waals surface area contributed by atoms with Crippen LogP contribution < -0.4 is 19.1 Å². The standard InChI is InChI=1S/C24H30N2O3S/c1-23(17-27-2)12-14-26(15-13-23)20-7-4-3-6-19(20)25-30-18-8-9-21-22(16-18)29-24(28-21)10-5-11-24/h3-4,6-9,16,25H,5,10-15,17H2,1-2H3. The van der Waals surface area contributed by atoms with E-state index in [1.54, 1.807) is 19.1 Å². The molecule has 1 N–H and O–H groups in total. The van der Waals surface area contributed by atoms with Gasteiger partial charge in [-0.05, 0) is 67.0 Å². The highest BCUT2D eigenvalue weighted by Gasteiger charge is 2.47. The first-order valence-corrected chi connectivity index (χ1v) is 11.7. The van der Waals surface area contributed by atoms with Crippen LogP contribution in [0.15, 0.2) is 47.4 Å². The van der Waals surface area contributed by atoms with Crippen molar-refractivity contribution in [3.63, 3.8) is 0 Å². The van der Waals surface area contributed by atoms with E-state index >= 15 is 0 Å². The minimum absolute atomic E-state index is 0.284. The molecule has 2 heterocycles. The predicted molar refractivity (Wildman–Crippen MR) is 122 cm³/mol. The molecule has 2 fully saturated rings. The number of anilines is 2. The lowest BCUT2D eigenvalue weighted by Crippen LogP contribution is -2.45. The maximum atomic E-state index is 6.10. The molecule has 0 unspecified atom stereocenters. The van der Waals surface area contributed by atoms with E-state index in [-0.39, 0.29) is 11.2 Å². The number of nitrogens with one attached hydrogen (secondary N) is 1. The lowest BCUT2D eigenvalue weighted by molar-refractivity contribution is -0.138. The lowest BCUT2D eigenvalue weighted by Gasteiger charge is -2.40. The van der Waals surface area contributed by atoms with Crippen molar-refractivity contribution in [1.29, 1.82) is 0 Å². The van der Waals surface area contributed by atoms with Crippen LogP contribution in [0, 0.1) is 5.41 Å². The number of piperidine rings is 1. The highest BCUT2D eigenvalue weighted by atomic mass is 32.2. The van der Waals surface area contributed by atoms with Gasteiger partial charge in [0.1, 0.15) is 0 Å². The number of hydrogen-bond acceptors (Lipinski definition) is 6. The Morgan fingerprint density at radius 2 is 1.80 bits per heavy atom. The first-order chi connectivity index (χ1) is 14.6. The maximum absolute atomic E-state index is 6.10. The second-order valence-electron chi connectivity index (χ2n) is 9.03. The summed E-state index contributed by atoms with van der Waals surface area (Å²) >= 11 is 1.62. The molecule has 1 aliphatic carbocycles. The van der Waals surface area contributed by atoms with Crippen molar-refractivity contribution in [2.45, 2.75) is 49.7 Å². The lowest BCUT2D eigenvalue weighted by atomic mass is 9.81. The second kappa shape index (κ2) is 7.89. The van der Waals surface area contributed by atoms with E-state index in [0.29, 0.717) is 0 Å². The molecule has 30 heavy (non-hydrogen) atoms. The zero-order valence-electron chi connectivity index (χ0n) is 17.8. The van der Waals surface area contributed by atoms with Gasteiger partial charge in [-0.1, -0.05) is 19.1 Å². The fraction of sp³-hybridized carbons (Fsp3) is 0.500. The van der Waals surface area contributed by atoms with Gasteiger partial charge in [0.05, 0.1) is 18.0 Å². The first-order valence-electron chi connectivity index (χ1n) is 10.9. The van der Waals surface area contributed by atoms with Crippen LogP contribution in [0.25, 0.3) is 0 Å². The molecule has 3 aliphatic rings. The Labute approximate surface area is 183 Å². The summed E-state index contributed by atoms with van der Waals surface area (Å²) in [4.78, 5) is 3.61. The number of ether oxygens (including phenoxy) is 3. The Kier molecular flexibility index (Phi) is 5.23. The highest BCUT2D eigenvalue weighted by molar-refractivity contribution is 8.00. The molecule has 0 aromatic heterocycles. The first kappa shape index (κ1) is 19.9. The van der Waals surface area contributed by atoms with Gasteiger partial charge in [-0.25, -0.2) is 0 Å². The van der Waals surface area contributed by atoms with E-state index in [1.807, 2.05) is 6.07 Å². The van der Waals surface area contributed by atoms with Gasteiger partial charge in [-0.15, -0.1) is 0 Å². The summed E-state index contributed by atoms with van der Waals surface area (Å²) in [5.74, 6) is 1.35. The largest absolute Gasteiger partial charge is 0.448 e. The van der Waals surface area contributed by atoms with E-state index in [9.17, 15) is 0 Å². The molecule has 1 saturated heterocycles. The normalized spacial score (nSPS) is 20.8. The second-order valence-corrected chi connectivity index (χ2v) is 9.91. The fourth-order valence-electron chi connectivity index (χ4n) is 4.54. The van der Waals surface area contributed by atoms with Crippen molar-refractivity contribution in [3.05, 3.63) is 42.5 Å². The minimum atomic E-state index is -0.378. The van der Waals surface area contributed by atoms with Crippen LogP contribution in [-0.4, -0.2) is 32.6 Å². The van der Waals surface area contributed by atoms with Crippen LogP contribution >= 0.6 is 11.9 Å². The fourth-order valence-corrected chi connectivity index (χ4v) is 5.24. The van der Waals surface area contributed by atoms with Gasteiger partial charge in [0, 0.05) is 37.9 Å². The Bertz CT molecular complexity index is 907. The molecular formula is C24H30N2O3S. The third kappa shape index (κ3) is 3.83. The number of benzene rings is 2. The maximum Gasteiger partial charge on any atom is 0.251 e. The average molecular weight is 427 g/mol. The third-order valence-corrected chi connectivity index (χ3v) is 7.42. The van der Waals surface area contributed by atoms with Gasteiger partial charge in [0.25, 0.3) is 5.79 Å². The number of nitrogens with zero attached hydrogens (tertiary/aromatic N) is 1. The molecule has 0 radical (unpaired) electrons. The van der Waals surface area contributed by atoms with Crippen molar-refractivity contribution in [2.75, 3.05) is 36.4 Å². The van der Waals surface area contributed by atoms with Crippen LogP contribution in [0.3, 0.4) is 0 Å². The monoisotopic (exact) mass is 426 g/mol. The van der Waals surface area contributed by atoms with Gasteiger partial charge in [0.15, 0.2) is 11.5 Å². The smallest absolute Gasteiger partial charge is 0.251 e. The van der Waals surface area contributed by atoms with Crippen molar-refractivity contribution >= 4 is 23.3 Å². The van der Waals surface area contributed by atoms with Crippen LogP contribution in [0.1, 0.15) is 39.0 Å². The number of methoxy groups -OCH3 is 1. The predicted octanol–water partition coefficient (Wildman–Crippen LogP) is 5.71. The Morgan fingerprint density at radius 1 is 1.03 bits per heavy atom. The molecule has 160 valence electrons. The van der Waals surface area contributed by atoms with Crippen molar-refractivity contribution in [3.8, 4) is 11.5 Å². The minimum Gasteiger partial charge on any atom is -0.448 e. The number of hydrogen-bond donors (Lipinski definition) is 1. The highest BCUT2D eigenvalue weighted by Crippen LogP contribution is 2.49. The SMILES string of the molecule is COCC1(C)CCN(c2ccccc2NSc2ccc3c(c2)OC2(CCC2)O3)CC1. The third-order valence-electron chi connectivity index (χ3n) is 6.61. The topological polar surface area (TPSA) is 43.0 Å². The van der Waals surface area contributed by atoms with Gasteiger partial charge >= 0.3 is 0 Å². The quantitative estimate of drug-likeness (QED) is 0.597. The summed E-state index contributed by atoms with van der Waals surface area (Å²) in [5.41, 5.74) is 2.69. The van der Waals surface area contributed by atoms with E-state index in [0.717, 1.165) is 67.5 Å². The molecule has 0 atom stereocenters. The van der Waals surface area contributed by atoms with Crippen LogP contribution in [0.2, 0.25) is 0 Å².